The Morgan fingerprint density at radius 1 is 1.32 bits per heavy atom. The van der Waals surface area contributed by atoms with Crippen LogP contribution in [-0.4, -0.2) is 48.9 Å². The minimum absolute atomic E-state index is 0.146. The van der Waals surface area contributed by atoms with E-state index in [-0.39, 0.29) is 5.91 Å². The number of nitrogens with zero attached hydrogens (tertiary/aromatic N) is 2. The summed E-state index contributed by atoms with van der Waals surface area (Å²) in [7, 11) is 4.22. The fourth-order valence-electron chi connectivity index (χ4n) is 2.56. The highest BCUT2D eigenvalue weighted by Crippen LogP contribution is 2.22. The van der Waals surface area contributed by atoms with E-state index in [4.69, 9.17) is 0 Å². The number of aryl methyl sites for hydroxylation is 1. The second-order valence-corrected chi connectivity index (χ2v) is 6.32. The van der Waals surface area contributed by atoms with Crippen LogP contribution in [0.2, 0.25) is 0 Å². The second kappa shape index (κ2) is 6.06. The van der Waals surface area contributed by atoms with Crippen LogP contribution in [0.15, 0.2) is 22.7 Å². The van der Waals surface area contributed by atoms with Crippen molar-refractivity contribution in [1.82, 2.24) is 9.80 Å². The van der Waals surface area contributed by atoms with E-state index < -0.39 is 0 Å². The second-order valence-electron chi connectivity index (χ2n) is 5.47. The molecule has 1 aromatic carbocycles. The lowest BCUT2D eigenvalue weighted by Gasteiger charge is -2.35. The third kappa shape index (κ3) is 3.37. The van der Waals surface area contributed by atoms with Gasteiger partial charge in [-0.25, -0.2) is 0 Å². The average Bonchev–Trinajstić information content (AvgIpc) is 2.41. The van der Waals surface area contributed by atoms with E-state index in [1.165, 1.54) is 0 Å². The molecule has 0 radical (unpaired) electrons. The molecule has 0 unspecified atom stereocenters. The van der Waals surface area contributed by atoms with Gasteiger partial charge >= 0.3 is 0 Å². The molecule has 0 atom stereocenters. The van der Waals surface area contributed by atoms with Gasteiger partial charge in [-0.2, -0.15) is 0 Å². The van der Waals surface area contributed by atoms with E-state index >= 15 is 0 Å². The molecule has 1 amide bonds. The number of halogens is 1. The van der Waals surface area contributed by atoms with E-state index in [1.54, 1.807) is 0 Å². The molecule has 104 valence electrons. The highest BCUT2D eigenvalue weighted by molar-refractivity contribution is 9.10. The van der Waals surface area contributed by atoms with Gasteiger partial charge in [0, 0.05) is 23.6 Å². The molecule has 0 aliphatic carbocycles. The minimum Gasteiger partial charge on any atom is -0.338 e. The van der Waals surface area contributed by atoms with Gasteiger partial charge in [-0.3, -0.25) is 4.79 Å². The van der Waals surface area contributed by atoms with Crippen molar-refractivity contribution in [3.63, 3.8) is 0 Å². The number of benzene rings is 1. The Labute approximate surface area is 123 Å². The molecule has 3 nitrogen and oxygen atoms in total. The Balaban J connectivity index is 2.07. The van der Waals surface area contributed by atoms with Crippen LogP contribution in [0.1, 0.15) is 28.8 Å². The molecule has 1 heterocycles. The molecule has 1 saturated heterocycles. The maximum atomic E-state index is 12.5. The molecular weight excluding hydrogens is 304 g/mol. The number of carbonyl (C=O) groups is 1. The molecule has 0 saturated carbocycles. The van der Waals surface area contributed by atoms with E-state index in [0.717, 1.165) is 41.5 Å². The topological polar surface area (TPSA) is 23.6 Å². The molecule has 1 fully saturated rings. The van der Waals surface area contributed by atoms with Gasteiger partial charge in [-0.15, -0.1) is 0 Å². The fraction of sp³-hybridized carbons (Fsp3) is 0.533. The number of amides is 1. The molecule has 0 spiro atoms. The van der Waals surface area contributed by atoms with Crippen molar-refractivity contribution in [1.29, 1.82) is 0 Å². The normalized spacial score (nSPS) is 17.0. The number of piperidine rings is 1. The average molecular weight is 325 g/mol. The fourth-order valence-corrected chi connectivity index (χ4v) is 2.97. The van der Waals surface area contributed by atoms with Gasteiger partial charge in [0.15, 0.2) is 0 Å². The number of rotatable bonds is 2. The lowest BCUT2D eigenvalue weighted by molar-refractivity contribution is 0.0662. The van der Waals surface area contributed by atoms with Gasteiger partial charge in [-0.1, -0.05) is 11.6 Å². The van der Waals surface area contributed by atoms with Crippen LogP contribution >= 0.6 is 15.9 Å². The van der Waals surface area contributed by atoms with Crippen molar-refractivity contribution in [3.8, 4) is 0 Å². The summed E-state index contributed by atoms with van der Waals surface area (Å²) in [4.78, 5) is 16.8. The van der Waals surface area contributed by atoms with Crippen molar-refractivity contribution < 1.29 is 4.79 Å². The molecular formula is C15H21BrN2O. The summed E-state index contributed by atoms with van der Waals surface area (Å²) in [6.07, 6.45) is 2.12. The van der Waals surface area contributed by atoms with Crippen LogP contribution in [0.4, 0.5) is 0 Å². The predicted octanol–water partition coefficient (Wildman–Crippen LogP) is 2.92. The van der Waals surface area contributed by atoms with E-state index in [0.29, 0.717) is 6.04 Å². The molecule has 0 bridgehead atoms. The zero-order valence-electron chi connectivity index (χ0n) is 11.8. The molecule has 1 aliphatic heterocycles. The number of carbonyl (C=O) groups excluding carboxylic acids is 1. The highest BCUT2D eigenvalue weighted by Gasteiger charge is 2.25. The molecule has 0 aromatic heterocycles. The Morgan fingerprint density at radius 3 is 2.53 bits per heavy atom. The van der Waals surface area contributed by atoms with Crippen LogP contribution in [0.5, 0.6) is 0 Å². The summed E-state index contributed by atoms with van der Waals surface area (Å²) in [5.41, 5.74) is 1.90. The summed E-state index contributed by atoms with van der Waals surface area (Å²) in [5, 5.41) is 0. The first-order valence-corrected chi connectivity index (χ1v) is 7.50. The standard InChI is InChI=1S/C15H21BrN2O/c1-11-4-5-14(16)13(10-11)15(19)18-8-6-12(7-9-18)17(2)3/h4-5,10,12H,6-9H2,1-3H3. The largest absolute Gasteiger partial charge is 0.338 e. The summed E-state index contributed by atoms with van der Waals surface area (Å²) in [6.45, 7) is 3.71. The van der Waals surface area contributed by atoms with E-state index in [2.05, 4.69) is 34.9 Å². The molecule has 19 heavy (non-hydrogen) atoms. The van der Waals surface area contributed by atoms with Crippen molar-refractivity contribution in [2.75, 3.05) is 27.2 Å². The minimum atomic E-state index is 0.146. The summed E-state index contributed by atoms with van der Waals surface area (Å²) < 4.78 is 0.887. The third-order valence-electron chi connectivity index (χ3n) is 3.83. The molecule has 1 aliphatic rings. The third-order valence-corrected chi connectivity index (χ3v) is 4.53. The van der Waals surface area contributed by atoms with Crippen molar-refractivity contribution in [3.05, 3.63) is 33.8 Å². The van der Waals surface area contributed by atoms with Crippen LogP contribution in [0, 0.1) is 6.92 Å². The van der Waals surface area contributed by atoms with Crippen LogP contribution < -0.4 is 0 Å². The SMILES string of the molecule is Cc1ccc(Br)c(C(=O)N2CCC(N(C)C)CC2)c1. The summed E-state index contributed by atoms with van der Waals surface area (Å²) in [6, 6.07) is 6.53. The Morgan fingerprint density at radius 2 is 1.95 bits per heavy atom. The maximum absolute atomic E-state index is 12.5. The molecule has 4 heteroatoms. The Kier molecular flexibility index (Phi) is 4.63. The van der Waals surface area contributed by atoms with Crippen LogP contribution in [0.25, 0.3) is 0 Å². The van der Waals surface area contributed by atoms with Gasteiger partial charge in [0.2, 0.25) is 0 Å². The van der Waals surface area contributed by atoms with E-state index in [1.807, 2.05) is 30.0 Å². The lowest BCUT2D eigenvalue weighted by atomic mass is 10.0. The number of likely N-dealkylation sites (tertiary alicyclic amines) is 1. The Hall–Kier alpha value is -0.870. The molecule has 1 aromatic rings. The van der Waals surface area contributed by atoms with Gasteiger partial charge in [0.25, 0.3) is 5.91 Å². The first-order chi connectivity index (χ1) is 8.99. The smallest absolute Gasteiger partial charge is 0.255 e. The van der Waals surface area contributed by atoms with Crippen molar-refractivity contribution in [2.45, 2.75) is 25.8 Å². The zero-order chi connectivity index (χ0) is 14.0. The van der Waals surface area contributed by atoms with Crippen LogP contribution in [-0.2, 0) is 0 Å². The summed E-state index contributed by atoms with van der Waals surface area (Å²) >= 11 is 3.48. The molecule has 0 N–H and O–H groups in total. The van der Waals surface area contributed by atoms with Gasteiger partial charge in [0.1, 0.15) is 0 Å². The van der Waals surface area contributed by atoms with Crippen molar-refractivity contribution in [2.24, 2.45) is 0 Å². The monoisotopic (exact) mass is 324 g/mol. The lowest BCUT2D eigenvalue weighted by Crippen LogP contribution is -2.44. The highest BCUT2D eigenvalue weighted by atomic mass is 79.9. The Bertz CT molecular complexity index is 465. The van der Waals surface area contributed by atoms with Crippen molar-refractivity contribution >= 4 is 21.8 Å². The molecule has 2 rings (SSSR count). The zero-order valence-corrected chi connectivity index (χ0v) is 13.4. The quantitative estimate of drug-likeness (QED) is 0.835. The summed E-state index contributed by atoms with van der Waals surface area (Å²) in [5.74, 6) is 0.146. The number of hydrogen-bond acceptors (Lipinski definition) is 2. The first-order valence-electron chi connectivity index (χ1n) is 6.71. The van der Waals surface area contributed by atoms with Gasteiger partial charge < -0.3 is 9.80 Å². The number of hydrogen-bond donors (Lipinski definition) is 0. The van der Waals surface area contributed by atoms with Crippen LogP contribution in [0.3, 0.4) is 0 Å². The van der Waals surface area contributed by atoms with Gasteiger partial charge in [0.05, 0.1) is 5.56 Å². The maximum Gasteiger partial charge on any atom is 0.255 e. The first kappa shape index (κ1) is 14.5. The van der Waals surface area contributed by atoms with Gasteiger partial charge in [-0.05, 0) is 61.9 Å². The predicted molar refractivity (Wildman–Crippen MR) is 81.5 cm³/mol. The van der Waals surface area contributed by atoms with E-state index in [9.17, 15) is 4.79 Å².